The fourth-order valence-electron chi connectivity index (χ4n) is 3.05. The summed E-state index contributed by atoms with van der Waals surface area (Å²) >= 11 is 0. The predicted molar refractivity (Wildman–Crippen MR) is 89.7 cm³/mol. The number of carbonyl (C=O) groups excluding carboxylic acids is 2. The van der Waals surface area contributed by atoms with Gasteiger partial charge in [-0.3, -0.25) is 9.69 Å². The predicted octanol–water partition coefficient (Wildman–Crippen LogP) is 1.17. The molecule has 1 aliphatic rings. The summed E-state index contributed by atoms with van der Waals surface area (Å²) in [7, 11) is 1.96. The highest BCUT2D eigenvalue weighted by atomic mass is 16.2. The Bertz CT molecular complexity index is 535. The van der Waals surface area contributed by atoms with Crippen molar-refractivity contribution < 1.29 is 9.59 Å². The van der Waals surface area contributed by atoms with Gasteiger partial charge in [0, 0.05) is 25.7 Å². The minimum atomic E-state index is -0.421. The van der Waals surface area contributed by atoms with E-state index in [4.69, 9.17) is 5.73 Å². The molecular formula is C17H26N4O2. The number of carbonyl (C=O) groups is 2. The monoisotopic (exact) mass is 318 g/mol. The van der Waals surface area contributed by atoms with Crippen LogP contribution in [0.4, 0.5) is 4.79 Å². The Kier molecular flexibility index (Phi) is 5.98. The number of urea groups is 1. The van der Waals surface area contributed by atoms with Gasteiger partial charge in [-0.15, -0.1) is 0 Å². The van der Waals surface area contributed by atoms with Gasteiger partial charge in [-0.1, -0.05) is 37.3 Å². The number of benzene rings is 1. The van der Waals surface area contributed by atoms with Gasteiger partial charge in [0.15, 0.2) is 0 Å². The van der Waals surface area contributed by atoms with Crippen LogP contribution in [-0.2, 0) is 11.3 Å². The van der Waals surface area contributed by atoms with Gasteiger partial charge in [0.2, 0.25) is 5.91 Å². The lowest BCUT2D eigenvalue weighted by Crippen LogP contribution is -2.49. The lowest BCUT2D eigenvalue weighted by molar-refractivity contribution is -0.126. The third-order valence-electron chi connectivity index (χ3n) is 4.34. The quantitative estimate of drug-likeness (QED) is 0.826. The lowest BCUT2D eigenvalue weighted by Gasteiger charge is -2.27. The number of amides is 3. The molecule has 23 heavy (non-hydrogen) atoms. The number of primary amides is 1. The average Bonchev–Trinajstić information content (AvgIpc) is 2.97. The van der Waals surface area contributed by atoms with E-state index in [2.05, 4.69) is 22.3 Å². The minimum Gasteiger partial charge on any atom is -0.351 e. The van der Waals surface area contributed by atoms with Crippen LogP contribution >= 0.6 is 0 Å². The van der Waals surface area contributed by atoms with Crippen molar-refractivity contribution in [2.75, 3.05) is 20.1 Å². The summed E-state index contributed by atoms with van der Waals surface area (Å²) in [5.41, 5.74) is 6.46. The number of likely N-dealkylation sites (tertiary alicyclic amines) is 1. The Morgan fingerprint density at radius 1 is 1.39 bits per heavy atom. The van der Waals surface area contributed by atoms with E-state index >= 15 is 0 Å². The standard InChI is InChI=1S/C17H26N4O2/c1-3-15(20(2)11-13-7-5-4-6-8-13)16(22)19-14-9-10-21(12-14)17(18)23/h4-8,14-15H,3,9-12H2,1-2H3,(H2,18,23)(H,19,22)/t14-,15+/m1/s1. The first kappa shape index (κ1) is 17.3. The average molecular weight is 318 g/mol. The molecule has 0 saturated carbocycles. The summed E-state index contributed by atoms with van der Waals surface area (Å²) in [6, 6.07) is 9.49. The molecule has 1 aromatic rings. The van der Waals surface area contributed by atoms with E-state index in [0.717, 1.165) is 19.4 Å². The Morgan fingerprint density at radius 3 is 2.65 bits per heavy atom. The highest BCUT2D eigenvalue weighted by molar-refractivity contribution is 5.82. The smallest absolute Gasteiger partial charge is 0.314 e. The second kappa shape index (κ2) is 7.97. The lowest BCUT2D eigenvalue weighted by atomic mass is 10.1. The van der Waals surface area contributed by atoms with Crippen LogP contribution in [0.25, 0.3) is 0 Å². The summed E-state index contributed by atoms with van der Waals surface area (Å²) < 4.78 is 0. The number of hydrogen-bond donors (Lipinski definition) is 2. The van der Waals surface area contributed by atoms with Crippen LogP contribution in [-0.4, -0.2) is 54.0 Å². The van der Waals surface area contributed by atoms with Gasteiger partial charge in [0.1, 0.15) is 0 Å². The van der Waals surface area contributed by atoms with Gasteiger partial charge in [0.25, 0.3) is 0 Å². The zero-order valence-electron chi connectivity index (χ0n) is 13.9. The first-order valence-electron chi connectivity index (χ1n) is 8.10. The normalized spacial score (nSPS) is 18.9. The van der Waals surface area contributed by atoms with Crippen molar-refractivity contribution in [3.05, 3.63) is 35.9 Å². The molecule has 0 spiro atoms. The molecule has 1 heterocycles. The number of hydrogen-bond acceptors (Lipinski definition) is 3. The summed E-state index contributed by atoms with van der Waals surface area (Å²) in [6.07, 6.45) is 1.49. The van der Waals surface area contributed by atoms with Gasteiger partial charge < -0.3 is 16.0 Å². The van der Waals surface area contributed by atoms with Gasteiger partial charge >= 0.3 is 6.03 Å². The number of likely N-dealkylation sites (N-methyl/N-ethyl adjacent to an activating group) is 1. The number of nitrogens with zero attached hydrogens (tertiary/aromatic N) is 2. The Balaban J connectivity index is 1.89. The van der Waals surface area contributed by atoms with E-state index in [9.17, 15) is 9.59 Å². The molecule has 0 aromatic heterocycles. The summed E-state index contributed by atoms with van der Waals surface area (Å²) in [5.74, 6) is 0.0160. The van der Waals surface area contributed by atoms with Crippen LogP contribution in [0.1, 0.15) is 25.3 Å². The molecule has 0 aliphatic carbocycles. The van der Waals surface area contributed by atoms with Gasteiger partial charge in [-0.05, 0) is 25.5 Å². The molecule has 1 aromatic carbocycles. The number of rotatable bonds is 6. The molecule has 0 radical (unpaired) electrons. The van der Waals surface area contributed by atoms with Gasteiger partial charge in [-0.2, -0.15) is 0 Å². The van der Waals surface area contributed by atoms with E-state index in [1.165, 1.54) is 5.56 Å². The second-order valence-corrected chi connectivity index (χ2v) is 6.10. The molecule has 1 fully saturated rings. The third-order valence-corrected chi connectivity index (χ3v) is 4.34. The number of nitrogens with two attached hydrogens (primary N) is 1. The maximum absolute atomic E-state index is 12.6. The summed E-state index contributed by atoms with van der Waals surface area (Å²) in [5, 5.41) is 3.05. The van der Waals surface area contributed by atoms with Gasteiger partial charge in [-0.25, -0.2) is 4.79 Å². The van der Waals surface area contributed by atoms with Crippen LogP contribution in [0.2, 0.25) is 0 Å². The fraction of sp³-hybridized carbons (Fsp3) is 0.529. The fourth-order valence-corrected chi connectivity index (χ4v) is 3.05. The van der Waals surface area contributed by atoms with E-state index < -0.39 is 6.03 Å². The molecule has 6 heteroatoms. The van der Waals surface area contributed by atoms with Crippen LogP contribution < -0.4 is 11.1 Å². The zero-order chi connectivity index (χ0) is 16.8. The van der Waals surface area contributed by atoms with Crippen LogP contribution in [0.5, 0.6) is 0 Å². The molecule has 2 atom stereocenters. The van der Waals surface area contributed by atoms with Crippen molar-refractivity contribution in [1.29, 1.82) is 0 Å². The molecule has 1 aliphatic heterocycles. The Labute approximate surface area is 137 Å². The summed E-state index contributed by atoms with van der Waals surface area (Å²) in [4.78, 5) is 27.3. The molecular weight excluding hydrogens is 292 g/mol. The van der Waals surface area contributed by atoms with Crippen molar-refractivity contribution in [2.45, 2.75) is 38.4 Å². The van der Waals surface area contributed by atoms with Crippen LogP contribution in [0, 0.1) is 0 Å². The highest BCUT2D eigenvalue weighted by Crippen LogP contribution is 2.12. The molecule has 6 nitrogen and oxygen atoms in total. The van der Waals surface area contributed by atoms with Crippen LogP contribution in [0.15, 0.2) is 30.3 Å². The number of nitrogens with one attached hydrogen (secondary N) is 1. The molecule has 3 amide bonds. The van der Waals surface area contributed by atoms with E-state index in [1.807, 2.05) is 32.2 Å². The van der Waals surface area contributed by atoms with Crippen LogP contribution in [0.3, 0.4) is 0 Å². The maximum atomic E-state index is 12.6. The minimum absolute atomic E-state index is 0.00539. The van der Waals surface area contributed by atoms with E-state index in [1.54, 1.807) is 4.90 Å². The van der Waals surface area contributed by atoms with Crippen molar-refractivity contribution in [3.8, 4) is 0 Å². The van der Waals surface area contributed by atoms with Crippen molar-refractivity contribution >= 4 is 11.9 Å². The van der Waals surface area contributed by atoms with Crippen molar-refractivity contribution in [1.82, 2.24) is 15.1 Å². The Morgan fingerprint density at radius 2 is 2.09 bits per heavy atom. The first-order chi connectivity index (χ1) is 11.0. The molecule has 126 valence electrons. The molecule has 3 N–H and O–H groups in total. The zero-order valence-corrected chi connectivity index (χ0v) is 13.9. The van der Waals surface area contributed by atoms with E-state index in [0.29, 0.717) is 13.1 Å². The topological polar surface area (TPSA) is 78.7 Å². The van der Waals surface area contributed by atoms with Crippen molar-refractivity contribution in [3.63, 3.8) is 0 Å². The second-order valence-electron chi connectivity index (χ2n) is 6.10. The maximum Gasteiger partial charge on any atom is 0.314 e. The molecule has 2 rings (SSSR count). The summed E-state index contributed by atoms with van der Waals surface area (Å²) in [6.45, 7) is 3.85. The molecule has 0 unspecified atom stereocenters. The van der Waals surface area contributed by atoms with Gasteiger partial charge in [0.05, 0.1) is 6.04 Å². The van der Waals surface area contributed by atoms with Crippen molar-refractivity contribution in [2.24, 2.45) is 5.73 Å². The van der Waals surface area contributed by atoms with E-state index in [-0.39, 0.29) is 18.0 Å². The Hall–Kier alpha value is -2.08. The third kappa shape index (κ3) is 4.69. The molecule has 1 saturated heterocycles. The highest BCUT2D eigenvalue weighted by Gasteiger charge is 2.29. The molecule has 0 bridgehead atoms. The largest absolute Gasteiger partial charge is 0.351 e. The SMILES string of the molecule is CC[C@@H](C(=O)N[C@@H]1CCN(C(N)=O)C1)N(C)Cc1ccccc1. The first-order valence-corrected chi connectivity index (χ1v) is 8.10.